The number of nitro groups is 1. The normalized spacial score (nSPS) is 12.1. The molecule has 180 valence electrons. The second-order valence-corrected chi connectivity index (χ2v) is 8.13. The number of nitrogens with zero attached hydrogens (tertiary/aromatic N) is 3. The lowest BCUT2D eigenvalue weighted by Gasteiger charge is -2.19. The summed E-state index contributed by atoms with van der Waals surface area (Å²) in [4.78, 5) is 53.3. The van der Waals surface area contributed by atoms with Gasteiger partial charge < -0.3 is 14.5 Å². The molecule has 0 saturated heterocycles. The number of aromatic nitrogens is 2. The molecule has 1 amide bonds. The maximum absolute atomic E-state index is 12.9. The summed E-state index contributed by atoms with van der Waals surface area (Å²) in [5, 5.41) is 14.8. The van der Waals surface area contributed by atoms with Crippen molar-refractivity contribution in [3.8, 4) is 0 Å². The van der Waals surface area contributed by atoms with E-state index in [1.807, 2.05) is 0 Å². The second-order valence-electron chi connectivity index (χ2n) is 8.13. The molecule has 0 bridgehead atoms. The maximum Gasteiger partial charge on any atom is 0.308 e. The van der Waals surface area contributed by atoms with E-state index in [4.69, 9.17) is 9.15 Å². The third kappa shape index (κ3) is 5.03. The molecule has 4 rings (SSSR count). The summed E-state index contributed by atoms with van der Waals surface area (Å²) >= 11 is 0. The van der Waals surface area contributed by atoms with E-state index in [1.54, 1.807) is 44.2 Å². The van der Waals surface area contributed by atoms with Crippen LogP contribution in [-0.4, -0.2) is 32.5 Å². The fourth-order valence-corrected chi connectivity index (χ4v) is 3.79. The van der Waals surface area contributed by atoms with Crippen LogP contribution in [0.25, 0.3) is 22.1 Å². The summed E-state index contributed by atoms with van der Waals surface area (Å²) in [5.74, 6) is -1.28. The van der Waals surface area contributed by atoms with Gasteiger partial charge >= 0.3 is 5.97 Å². The molecule has 1 atom stereocenters. The SMILES string of the molecule is CC(C)OC(=O)CC(NC(=O)Cn1cnc2c(oc3ccccc32)c1=O)c1ccccc1[N+](=O)[O-]. The maximum atomic E-state index is 12.9. The second kappa shape index (κ2) is 9.75. The summed E-state index contributed by atoms with van der Waals surface area (Å²) in [6, 6.07) is 11.8. The molecule has 0 saturated carbocycles. The van der Waals surface area contributed by atoms with Crippen LogP contribution in [0.2, 0.25) is 0 Å². The van der Waals surface area contributed by atoms with Crippen LogP contribution in [0.3, 0.4) is 0 Å². The molecular formula is C24H22N4O7. The van der Waals surface area contributed by atoms with Gasteiger partial charge in [0.05, 0.1) is 35.4 Å². The van der Waals surface area contributed by atoms with E-state index in [9.17, 15) is 24.5 Å². The van der Waals surface area contributed by atoms with Gasteiger partial charge in [-0.25, -0.2) is 4.98 Å². The molecule has 4 aromatic rings. The molecule has 0 radical (unpaired) electrons. The molecule has 2 heterocycles. The van der Waals surface area contributed by atoms with Crippen molar-refractivity contribution in [1.29, 1.82) is 0 Å². The number of carbonyl (C=O) groups excluding carboxylic acids is 2. The average molecular weight is 478 g/mol. The fourth-order valence-electron chi connectivity index (χ4n) is 3.79. The first-order chi connectivity index (χ1) is 16.7. The van der Waals surface area contributed by atoms with Gasteiger partial charge in [0.1, 0.15) is 17.6 Å². The molecule has 11 nitrogen and oxygen atoms in total. The molecule has 2 aromatic heterocycles. The number of benzene rings is 2. The molecule has 1 unspecified atom stereocenters. The Labute approximate surface area is 198 Å². The van der Waals surface area contributed by atoms with E-state index >= 15 is 0 Å². The minimum Gasteiger partial charge on any atom is -0.463 e. The zero-order valence-corrected chi connectivity index (χ0v) is 19.0. The number of nitro benzene ring substituents is 1. The van der Waals surface area contributed by atoms with Gasteiger partial charge in [0.25, 0.3) is 11.2 Å². The van der Waals surface area contributed by atoms with E-state index in [0.717, 1.165) is 4.57 Å². The molecule has 0 fully saturated rings. The number of carbonyl (C=O) groups is 2. The molecule has 1 N–H and O–H groups in total. The Morgan fingerprint density at radius 2 is 1.89 bits per heavy atom. The summed E-state index contributed by atoms with van der Waals surface area (Å²) in [6.07, 6.45) is 0.508. The number of esters is 1. The summed E-state index contributed by atoms with van der Waals surface area (Å²) in [6.45, 7) is 2.91. The van der Waals surface area contributed by atoms with Gasteiger partial charge in [0, 0.05) is 11.5 Å². The van der Waals surface area contributed by atoms with Gasteiger partial charge in [-0.1, -0.05) is 30.3 Å². The fraction of sp³-hybridized carbons (Fsp3) is 0.250. The van der Waals surface area contributed by atoms with Crippen LogP contribution >= 0.6 is 0 Å². The zero-order chi connectivity index (χ0) is 25.1. The van der Waals surface area contributed by atoms with Crippen molar-refractivity contribution >= 4 is 39.6 Å². The van der Waals surface area contributed by atoms with E-state index in [1.165, 1.54) is 24.5 Å². The highest BCUT2D eigenvalue weighted by molar-refractivity contribution is 6.01. The van der Waals surface area contributed by atoms with Crippen molar-refractivity contribution in [2.24, 2.45) is 0 Å². The van der Waals surface area contributed by atoms with Crippen LogP contribution in [0.1, 0.15) is 31.9 Å². The monoisotopic (exact) mass is 478 g/mol. The minimum atomic E-state index is -1.05. The highest BCUT2D eigenvalue weighted by Gasteiger charge is 2.27. The van der Waals surface area contributed by atoms with Gasteiger partial charge in [0.15, 0.2) is 0 Å². The van der Waals surface area contributed by atoms with Crippen LogP contribution in [0.4, 0.5) is 5.69 Å². The van der Waals surface area contributed by atoms with Gasteiger partial charge in [-0.3, -0.25) is 29.1 Å². The Morgan fingerprint density at radius 1 is 1.17 bits per heavy atom. The van der Waals surface area contributed by atoms with Crippen molar-refractivity contribution < 1.29 is 23.7 Å². The van der Waals surface area contributed by atoms with Crippen LogP contribution in [0.5, 0.6) is 0 Å². The number of para-hydroxylation sites is 2. The quantitative estimate of drug-likeness (QED) is 0.231. The molecule has 35 heavy (non-hydrogen) atoms. The van der Waals surface area contributed by atoms with E-state index in [0.29, 0.717) is 16.5 Å². The minimum absolute atomic E-state index is 0.0114. The number of ether oxygens (including phenoxy) is 1. The van der Waals surface area contributed by atoms with Crippen LogP contribution in [0, 0.1) is 10.1 Å². The molecular weight excluding hydrogens is 456 g/mol. The summed E-state index contributed by atoms with van der Waals surface area (Å²) in [5.41, 5.74) is 0.230. The number of fused-ring (bicyclic) bond motifs is 3. The lowest BCUT2D eigenvalue weighted by molar-refractivity contribution is -0.385. The number of rotatable bonds is 8. The average Bonchev–Trinajstić information content (AvgIpc) is 3.19. The topological polar surface area (TPSA) is 147 Å². The van der Waals surface area contributed by atoms with E-state index in [2.05, 4.69) is 10.3 Å². The molecule has 2 aromatic carbocycles. The lowest BCUT2D eigenvalue weighted by Crippen LogP contribution is -2.36. The van der Waals surface area contributed by atoms with Crippen molar-refractivity contribution in [1.82, 2.24) is 14.9 Å². The molecule has 0 aliphatic carbocycles. The standard InChI is InChI=1S/C24H22N4O7/c1-14(2)34-21(30)11-17(15-7-3-5-9-18(15)28(32)33)26-20(29)12-27-13-25-22-16-8-4-6-10-19(16)35-23(22)24(27)31/h3-10,13-14,17H,11-12H2,1-2H3,(H,26,29). The molecule has 0 aliphatic heterocycles. The Kier molecular flexibility index (Phi) is 6.58. The van der Waals surface area contributed by atoms with Crippen LogP contribution < -0.4 is 10.9 Å². The van der Waals surface area contributed by atoms with Crippen molar-refractivity contribution in [3.05, 3.63) is 80.9 Å². The highest BCUT2D eigenvalue weighted by Crippen LogP contribution is 2.28. The largest absolute Gasteiger partial charge is 0.463 e. The Hall–Kier alpha value is -4.54. The van der Waals surface area contributed by atoms with E-state index in [-0.39, 0.29) is 23.3 Å². The van der Waals surface area contributed by atoms with Gasteiger partial charge in [-0.2, -0.15) is 0 Å². The molecule has 11 heteroatoms. The first-order valence-corrected chi connectivity index (χ1v) is 10.8. The first kappa shape index (κ1) is 23.6. The zero-order valence-electron chi connectivity index (χ0n) is 19.0. The number of nitrogens with one attached hydrogen (secondary N) is 1. The Balaban J connectivity index is 1.61. The molecule has 0 aliphatic rings. The Bertz CT molecular complexity index is 1490. The van der Waals surface area contributed by atoms with E-state index < -0.39 is 41.0 Å². The smallest absolute Gasteiger partial charge is 0.308 e. The Morgan fingerprint density at radius 3 is 2.63 bits per heavy atom. The van der Waals surface area contributed by atoms with Gasteiger partial charge in [-0.05, 0) is 26.0 Å². The predicted molar refractivity (Wildman–Crippen MR) is 126 cm³/mol. The predicted octanol–water partition coefficient (Wildman–Crippen LogP) is 3.25. The van der Waals surface area contributed by atoms with Crippen molar-refractivity contribution in [2.75, 3.05) is 0 Å². The van der Waals surface area contributed by atoms with Crippen LogP contribution in [-0.2, 0) is 20.9 Å². The van der Waals surface area contributed by atoms with Gasteiger partial charge in [0.2, 0.25) is 11.5 Å². The molecule has 0 spiro atoms. The third-order valence-electron chi connectivity index (χ3n) is 5.25. The lowest BCUT2D eigenvalue weighted by atomic mass is 10.0. The van der Waals surface area contributed by atoms with Crippen molar-refractivity contribution in [2.45, 2.75) is 39.0 Å². The van der Waals surface area contributed by atoms with Crippen molar-refractivity contribution in [3.63, 3.8) is 0 Å². The first-order valence-electron chi connectivity index (χ1n) is 10.8. The number of amides is 1. The van der Waals surface area contributed by atoms with Crippen LogP contribution in [0.15, 0.2) is 64.1 Å². The number of furan rings is 1. The third-order valence-corrected chi connectivity index (χ3v) is 5.25. The summed E-state index contributed by atoms with van der Waals surface area (Å²) in [7, 11) is 0. The highest BCUT2D eigenvalue weighted by atomic mass is 16.6. The number of hydrogen-bond donors (Lipinski definition) is 1. The number of hydrogen-bond acceptors (Lipinski definition) is 8. The van der Waals surface area contributed by atoms with Gasteiger partial charge in [-0.15, -0.1) is 0 Å². The summed E-state index contributed by atoms with van der Waals surface area (Å²) < 4.78 is 11.9.